The van der Waals surface area contributed by atoms with Gasteiger partial charge in [0.1, 0.15) is 17.7 Å². The fourth-order valence-corrected chi connectivity index (χ4v) is 4.34. The number of alkyl halides is 1. The molecular weight excluding hydrogens is 435 g/mol. The zero-order valence-corrected chi connectivity index (χ0v) is 19.2. The fraction of sp³-hybridized carbons (Fsp3) is 0.417. The SMILES string of the molecule is COc1ccccc1CN(C(=O)CCl)[C@H](C(=O)NC1CCCCC1)c1ccc(Cl)cc1. The number of carbonyl (C=O) groups is 2. The van der Waals surface area contributed by atoms with Gasteiger partial charge in [-0.25, -0.2) is 0 Å². The summed E-state index contributed by atoms with van der Waals surface area (Å²) in [5.74, 6) is -0.109. The van der Waals surface area contributed by atoms with Gasteiger partial charge in [-0.05, 0) is 36.6 Å². The largest absolute Gasteiger partial charge is 0.496 e. The summed E-state index contributed by atoms with van der Waals surface area (Å²) in [6.45, 7) is 0.195. The quantitative estimate of drug-likeness (QED) is 0.554. The Morgan fingerprint density at radius 1 is 1.10 bits per heavy atom. The third-order valence-electron chi connectivity index (χ3n) is 5.67. The molecule has 0 heterocycles. The maximum atomic E-state index is 13.5. The van der Waals surface area contributed by atoms with Gasteiger partial charge in [-0.2, -0.15) is 0 Å². The summed E-state index contributed by atoms with van der Waals surface area (Å²) < 4.78 is 5.45. The molecule has 0 aromatic heterocycles. The van der Waals surface area contributed by atoms with E-state index in [9.17, 15) is 9.59 Å². The summed E-state index contributed by atoms with van der Waals surface area (Å²) >= 11 is 12.0. The van der Waals surface area contributed by atoms with Crippen molar-refractivity contribution in [3.8, 4) is 5.75 Å². The van der Waals surface area contributed by atoms with Crippen molar-refractivity contribution in [1.29, 1.82) is 0 Å². The molecule has 1 fully saturated rings. The lowest BCUT2D eigenvalue weighted by molar-refractivity contribution is -0.140. The first-order chi connectivity index (χ1) is 15.0. The molecule has 0 unspecified atom stereocenters. The van der Waals surface area contributed by atoms with Crippen LogP contribution in [0.5, 0.6) is 5.75 Å². The zero-order chi connectivity index (χ0) is 22.2. The number of halogens is 2. The lowest BCUT2D eigenvalue weighted by Crippen LogP contribution is -2.47. The Kier molecular flexibility index (Phi) is 8.61. The van der Waals surface area contributed by atoms with E-state index in [2.05, 4.69) is 5.32 Å². The third-order valence-corrected chi connectivity index (χ3v) is 6.15. The van der Waals surface area contributed by atoms with Crippen LogP contribution in [0.2, 0.25) is 5.02 Å². The van der Waals surface area contributed by atoms with Gasteiger partial charge in [-0.15, -0.1) is 11.6 Å². The number of benzene rings is 2. The number of methoxy groups -OCH3 is 1. The molecule has 3 rings (SSSR count). The number of nitrogens with one attached hydrogen (secondary N) is 1. The van der Waals surface area contributed by atoms with Gasteiger partial charge in [0.15, 0.2) is 0 Å². The molecule has 1 aliphatic carbocycles. The highest BCUT2D eigenvalue weighted by Gasteiger charge is 2.33. The molecule has 0 spiro atoms. The second-order valence-corrected chi connectivity index (χ2v) is 8.47. The molecular formula is C24H28Cl2N2O3. The van der Waals surface area contributed by atoms with Crippen LogP contribution in [0.3, 0.4) is 0 Å². The molecule has 31 heavy (non-hydrogen) atoms. The standard InChI is InChI=1S/C24H28Cl2N2O3/c1-31-21-10-6-5-7-18(21)16-28(22(29)15-25)23(17-11-13-19(26)14-12-17)24(30)27-20-8-3-2-4-9-20/h5-7,10-14,20,23H,2-4,8-9,15-16H2,1H3,(H,27,30)/t23-/m0/s1. The molecule has 0 bridgehead atoms. The molecule has 5 nitrogen and oxygen atoms in total. The van der Waals surface area contributed by atoms with E-state index in [1.807, 2.05) is 24.3 Å². The van der Waals surface area contributed by atoms with E-state index in [-0.39, 0.29) is 30.3 Å². The van der Waals surface area contributed by atoms with Crippen LogP contribution in [0.1, 0.15) is 49.3 Å². The van der Waals surface area contributed by atoms with Gasteiger partial charge in [0.2, 0.25) is 11.8 Å². The van der Waals surface area contributed by atoms with Crippen molar-refractivity contribution in [1.82, 2.24) is 10.2 Å². The number of rotatable bonds is 8. The van der Waals surface area contributed by atoms with E-state index in [0.29, 0.717) is 16.3 Å². The average Bonchev–Trinajstić information content (AvgIpc) is 2.80. The van der Waals surface area contributed by atoms with E-state index < -0.39 is 6.04 Å². The van der Waals surface area contributed by atoms with E-state index in [1.165, 1.54) is 11.3 Å². The van der Waals surface area contributed by atoms with E-state index in [4.69, 9.17) is 27.9 Å². The predicted molar refractivity (Wildman–Crippen MR) is 123 cm³/mol. The van der Waals surface area contributed by atoms with Gasteiger partial charge in [-0.3, -0.25) is 9.59 Å². The molecule has 1 saturated carbocycles. The van der Waals surface area contributed by atoms with Crippen molar-refractivity contribution in [2.75, 3.05) is 13.0 Å². The van der Waals surface area contributed by atoms with E-state index in [1.54, 1.807) is 31.4 Å². The van der Waals surface area contributed by atoms with Gasteiger partial charge in [-0.1, -0.05) is 61.2 Å². The van der Waals surface area contributed by atoms with Crippen LogP contribution in [-0.2, 0) is 16.1 Å². The van der Waals surface area contributed by atoms with Crippen LogP contribution >= 0.6 is 23.2 Å². The van der Waals surface area contributed by atoms with Crippen molar-refractivity contribution in [2.24, 2.45) is 0 Å². The van der Waals surface area contributed by atoms with Gasteiger partial charge in [0.05, 0.1) is 13.7 Å². The van der Waals surface area contributed by atoms with Crippen LogP contribution in [0.15, 0.2) is 48.5 Å². The molecule has 166 valence electrons. The van der Waals surface area contributed by atoms with Gasteiger partial charge < -0.3 is 15.0 Å². The normalized spacial score (nSPS) is 15.2. The molecule has 2 amide bonds. The zero-order valence-electron chi connectivity index (χ0n) is 17.7. The second-order valence-electron chi connectivity index (χ2n) is 7.76. The molecule has 7 heteroatoms. The molecule has 0 radical (unpaired) electrons. The molecule has 0 saturated heterocycles. The van der Waals surface area contributed by atoms with Crippen LogP contribution in [0.25, 0.3) is 0 Å². The Morgan fingerprint density at radius 3 is 2.42 bits per heavy atom. The highest BCUT2D eigenvalue weighted by Crippen LogP contribution is 2.29. The van der Waals surface area contributed by atoms with Crippen LogP contribution < -0.4 is 10.1 Å². The van der Waals surface area contributed by atoms with Crippen LogP contribution in [0, 0.1) is 0 Å². The molecule has 1 aliphatic rings. The van der Waals surface area contributed by atoms with Crippen molar-refractivity contribution in [3.05, 3.63) is 64.7 Å². The molecule has 1 atom stereocenters. The number of hydrogen-bond donors (Lipinski definition) is 1. The van der Waals surface area contributed by atoms with E-state index in [0.717, 1.165) is 31.2 Å². The Balaban J connectivity index is 1.96. The molecule has 2 aromatic carbocycles. The Morgan fingerprint density at radius 2 is 1.77 bits per heavy atom. The minimum atomic E-state index is -0.824. The van der Waals surface area contributed by atoms with Crippen molar-refractivity contribution in [3.63, 3.8) is 0 Å². The summed E-state index contributed by atoms with van der Waals surface area (Å²) in [5, 5.41) is 3.73. The third kappa shape index (κ3) is 6.14. The monoisotopic (exact) mass is 462 g/mol. The average molecular weight is 463 g/mol. The number of carbonyl (C=O) groups excluding carboxylic acids is 2. The molecule has 2 aromatic rings. The highest BCUT2D eigenvalue weighted by molar-refractivity contribution is 6.30. The number of amides is 2. The number of nitrogens with zero attached hydrogens (tertiary/aromatic N) is 1. The first-order valence-corrected chi connectivity index (χ1v) is 11.5. The topological polar surface area (TPSA) is 58.6 Å². The minimum Gasteiger partial charge on any atom is -0.496 e. The maximum Gasteiger partial charge on any atom is 0.247 e. The summed E-state index contributed by atoms with van der Waals surface area (Å²) in [6.07, 6.45) is 5.30. The maximum absolute atomic E-state index is 13.5. The number of ether oxygens (including phenoxy) is 1. The van der Waals surface area contributed by atoms with Gasteiger partial charge >= 0.3 is 0 Å². The van der Waals surface area contributed by atoms with Crippen molar-refractivity contribution < 1.29 is 14.3 Å². The Labute approximate surface area is 193 Å². The van der Waals surface area contributed by atoms with Crippen molar-refractivity contribution >= 4 is 35.0 Å². The molecule has 1 N–H and O–H groups in total. The summed E-state index contributed by atoms with van der Waals surface area (Å²) in [7, 11) is 1.58. The second kappa shape index (κ2) is 11.4. The van der Waals surface area contributed by atoms with Crippen LogP contribution in [-0.4, -0.2) is 35.7 Å². The smallest absolute Gasteiger partial charge is 0.247 e. The lowest BCUT2D eigenvalue weighted by atomic mass is 9.94. The molecule has 0 aliphatic heterocycles. The first kappa shape index (κ1) is 23.4. The summed E-state index contributed by atoms with van der Waals surface area (Å²) in [6, 6.07) is 13.8. The minimum absolute atomic E-state index is 0.121. The number of hydrogen-bond acceptors (Lipinski definition) is 3. The fourth-order valence-electron chi connectivity index (χ4n) is 4.06. The Hall–Kier alpha value is -2.24. The summed E-state index contributed by atoms with van der Waals surface area (Å²) in [4.78, 5) is 28.0. The number of para-hydroxylation sites is 1. The van der Waals surface area contributed by atoms with E-state index >= 15 is 0 Å². The van der Waals surface area contributed by atoms with Crippen molar-refractivity contribution in [2.45, 2.75) is 50.7 Å². The Bertz CT molecular complexity index is 883. The van der Waals surface area contributed by atoms with Gasteiger partial charge in [0.25, 0.3) is 0 Å². The lowest BCUT2D eigenvalue weighted by Gasteiger charge is -2.33. The van der Waals surface area contributed by atoms with Crippen LogP contribution in [0.4, 0.5) is 0 Å². The van der Waals surface area contributed by atoms with Gasteiger partial charge in [0, 0.05) is 16.6 Å². The summed E-state index contributed by atoms with van der Waals surface area (Å²) in [5.41, 5.74) is 1.49. The highest BCUT2D eigenvalue weighted by atomic mass is 35.5. The predicted octanol–water partition coefficient (Wildman–Crippen LogP) is 5.11. The first-order valence-electron chi connectivity index (χ1n) is 10.6.